The maximum Gasteiger partial charge on any atom is 0.335 e. The third-order valence-corrected chi connectivity index (χ3v) is 18.2. The van der Waals surface area contributed by atoms with Crippen LogP contribution in [0.2, 0.25) is 0 Å². The molecule has 8 fully saturated rings. The molecule has 3 aliphatic carbocycles. The molecule has 11 heteroatoms. The summed E-state index contributed by atoms with van der Waals surface area (Å²) in [5.74, 6) is 0.854. The van der Waals surface area contributed by atoms with Crippen molar-refractivity contribution in [3.05, 3.63) is 64.9 Å². The number of rotatable bonds is 2. The maximum atomic E-state index is 14.1. The van der Waals surface area contributed by atoms with E-state index in [1.165, 1.54) is 12.7 Å². The van der Waals surface area contributed by atoms with E-state index in [2.05, 4.69) is 50.3 Å². The number of nitrogens with zero attached hydrogens (tertiary/aromatic N) is 3. The molecule has 0 unspecified atom stereocenters. The third-order valence-electron chi connectivity index (χ3n) is 18.2. The zero-order valence-corrected chi connectivity index (χ0v) is 31.7. The number of ether oxygens (including phenoxy) is 3. The first kappa shape index (κ1) is 32.6. The number of methoxy groups -OCH3 is 2. The topological polar surface area (TPSA) is 124 Å². The largest absolute Gasteiger partial charge is 0.495 e. The van der Waals surface area contributed by atoms with Crippen LogP contribution < -0.4 is 15.0 Å². The van der Waals surface area contributed by atoms with Crippen molar-refractivity contribution in [1.29, 1.82) is 0 Å². The highest BCUT2D eigenvalue weighted by atomic mass is 16.5. The Bertz CT molecular complexity index is 2180. The van der Waals surface area contributed by atoms with Gasteiger partial charge in [-0.05, 0) is 92.6 Å². The van der Waals surface area contributed by atoms with Gasteiger partial charge in [0.1, 0.15) is 17.8 Å². The molecule has 288 valence electrons. The first-order valence-corrected chi connectivity index (χ1v) is 20.8. The zero-order valence-electron chi connectivity index (χ0n) is 31.7. The highest BCUT2D eigenvalue weighted by molar-refractivity contribution is 5.93. The summed E-state index contributed by atoms with van der Waals surface area (Å²) in [4.78, 5) is 35.0. The fraction of sp³-hybridized carbons (Fsp3) is 0.636. The Morgan fingerprint density at radius 3 is 2.62 bits per heavy atom. The smallest absolute Gasteiger partial charge is 0.335 e. The lowest BCUT2D eigenvalue weighted by Gasteiger charge is -2.71. The Hall–Kier alpha value is -3.48. The quantitative estimate of drug-likeness (QED) is 0.391. The highest BCUT2D eigenvalue weighted by Crippen LogP contribution is 2.78. The molecule has 0 amide bonds. The molecular weight excluding hydrogens is 697 g/mol. The van der Waals surface area contributed by atoms with Crippen LogP contribution in [-0.4, -0.2) is 109 Å². The molecule has 0 aromatic heterocycles. The number of carbonyl (C=O) groups excluding carboxylic acids is 2. The Labute approximate surface area is 320 Å². The lowest BCUT2D eigenvalue weighted by Crippen LogP contribution is -2.82. The number of hydrogen-bond donors (Lipinski definition) is 3. The van der Waals surface area contributed by atoms with Gasteiger partial charge in [0.25, 0.3) is 0 Å². The van der Waals surface area contributed by atoms with Crippen LogP contribution in [0.1, 0.15) is 68.9 Å². The molecule has 11 aliphatic rings. The van der Waals surface area contributed by atoms with Gasteiger partial charge in [-0.15, -0.1) is 0 Å². The van der Waals surface area contributed by atoms with Gasteiger partial charge in [-0.3, -0.25) is 14.6 Å². The molecule has 55 heavy (non-hydrogen) atoms. The second kappa shape index (κ2) is 9.96. The summed E-state index contributed by atoms with van der Waals surface area (Å²) in [6.45, 7) is 3.47. The second-order valence-electron chi connectivity index (χ2n) is 19.5. The Balaban J connectivity index is 1.04. The number of piperidine rings is 3. The van der Waals surface area contributed by atoms with Gasteiger partial charge < -0.3 is 34.6 Å². The van der Waals surface area contributed by atoms with E-state index >= 15 is 0 Å². The number of aliphatic hydroxyl groups excluding tert-OH is 1. The molecular formula is C44H50N4O7. The van der Waals surface area contributed by atoms with E-state index < -0.39 is 33.6 Å². The summed E-state index contributed by atoms with van der Waals surface area (Å²) in [5, 5.41) is 31.2. The number of ketones is 1. The number of fused-ring (bicyclic) bond motifs is 4. The van der Waals surface area contributed by atoms with Crippen LogP contribution in [0.5, 0.6) is 5.75 Å². The lowest BCUT2D eigenvalue weighted by molar-refractivity contribution is -0.275. The highest BCUT2D eigenvalue weighted by Gasteiger charge is 2.84. The number of hydrogen-bond acceptors (Lipinski definition) is 11. The average Bonchev–Trinajstić information content (AvgIpc) is 4.04. The standard InChI is InChI=1S/C44H50N4O7/c1-53-31-9-5-7-29-32(31)48-23-41(20-25-19-40-21-26(49)18-24(40)10-14-46-15-12-43(29,36(40)46)44(25,48)52)37-39(13-17-55-37)22-27(34(50)54-2)33-42(11-16-47(35(39)42)38(41)51)28-6-3-4-8-30(28)45-33/h3-9,24-25,35-38,45,51-52H,10-23H2,1-2H3/t24-,25+,35+,36+,37-,38-,39+,40+,41+,42+,43-,44-/m1/s1. The minimum Gasteiger partial charge on any atom is -0.495 e. The van der Waals surface area contributed by atoms with Crippen LogP contribution in [-0.2, 0) is 29.9 Å². The fourth-order valence-electron chi connectivity index (χ4n) is 17.2. The lowest BCUT2D eigenvalue weighted by atomic mass is 9.42. The fourth-order valence-corrected chi connectivity index (χ4v) is 17.2. The van der Waals surface area contributed by atoms with Crippen molar-refractivity contribution in [3.8, 4) is 5.75 Å². The Kier molecular flexibility index (Phi) is 5.90. The van der Waals surface area contributed by atoms with Crippen molar-refractivity contribution in [2.45, 2.75) is 98.8 Å². The van der Waals surface area contributed by atoms with E-state index in [0.29, 0.717) is 56.7 Å². The van der Waals surface area contributed by atoms with Gasteiger partial charge in [0, 0.05) is 67.3 Å². The van der Waals surface area contributed by atoms with Crippen molar-refractivity contribution < 1.29 is 34.0 Å². The summed E-state index contributed by atoms with van der Waals surface area (Å²) >= 11 is 0. The first-order valence-electron chi connectivity index (χ1n) is 20.8. The number of para-hydroxylation sites is 2. The van der Waals surface area contributed by atoms with Gasteiger partial charge in [-0.1, -0.05) is 30.3 Å². The molecule has 0 bridgehead atoms. The summed E-state index contributed by atoms with van der Waals surface area (Å²) in [5.41, 5.74) is 2.02. The molecule has 3 N–H and O–H groups in total. The predicted molar refractivity (Wildman–Crippen MR) is 200 cm³/mol. The number of benzene rings is 2. The summed E-state index contributed by atoms with van der Waals surface area (Å²) < 4.78 is 18.9. The van der Waals surface area contributed by atoms with Crippen LogP contribution >= 0.6 is 0 Å². The van der Waals surface area contributed by atoms with Crippen LogP contribution in [0, 0.1) is 28.1 Å². The van der Waals surface area contributed by atoms with Crippen molar-refractivity contribution in [3.63, 3.8) is 0 Å². The van der Waals surface area contributed by atoms with E-state index in [0.717, 1.165) is 73.6 Å². The van der Waals surface area contributed by atoms with Crippen LogP contribution in [0.4, 0.5) is 11.4 Å². The molecule has 11 nitrogen and oxygen atoms in total. The van der Waals surface area contributed by atoms with Gasteiger partial charge in [0.05, 0.1) is 47.8 Å². The Morgan fingerprint density at radius 1 is 0.927 bits per heavy atom. The van der Waals surface area contributed by atoms with Gasteiger partial charge in [0.2, 0.25) is 0 Å². The third kappa shape index (κ3) is 3.18. The normalized spacial score (nSPS) is 47.7. The van der Waals surface area contributed by atoms with Crippen LogP contribution in [0.3, 0.4) is 0 Å². The summed E-state index contributed by atoms with van der Waals surface area (Å²) in [6.07, 6.45) is 5.12. The minimum absolute atomic E-state index is 0.0592. The molecule has 8 heterocycles. The number of Topliss-reactive ketones (excluding diaryl/α,β-unsaturated/α-hetero) is 1. The van der Waals surface area contributed by atoms with Gasteiger partial charge in [0.15, 0.2) is 5.72 Å². The molecule has 5 spiro atoms. The predicted octanol–water partition coefficient (Wildman–Crippen LogP) is 3.67. The van der Waals surface area contributed by atoms with Crippen molar-refractivity contribution >= 4 is 23.1 Å². The van der Waals surface area contributed by atoms with Gasteiger partial charge in [-0.25, -0.2) is 4.79 Å². The van der Waals surface area contributed by atoms with Crippen molar-refractivity contribution in [1.82, 2.24) is 9.80 Å². The number of carbonyl (C=O) groups is 2. The van der Waals surface area contributed by atoms with Crippen LogP contribution in [0.15, 0.2) is 53.7 Å². The van der Waals surface area contributed by atoms with E-state index in [-0.39, 0.29) is 41.4 Å². The monoisotopic (exact) mass is 746 g/mol. The first-order chi connectivity index (χ1) is 26.6. The van der Waals surface area contributed by atoms with E-state index in [1.54, 1.807) is 7.11 Å². The molecule has 2 aromatic rings. The molecule has 12 atom stereocenters. The average molecular weight is 747 g/mol. The van der Waals surface area contributed by atoms with Crippen LogP contribution in [0.25, 0.3) is 0 Å². The molecule has 13 rings (SSSR count). The molecule has 2 saturated carbocycles. The van der Waals surface area contributed by atoms with E-state index in [4.69, 9.17) is 14.2 Å². The number of anilines is 2. The number of esters is 1. The molecule has 6 saturated heterocycles. The summed E-state index contributed by atoms with van der Waals surface area (Å²) in [6, 6.07) is 14.7. The molecule has 8 aliphatic heterocycles. The molecule has 0 radical (unpaired) electrons. The molecule has 2 aromatic carbocycles. The van der Waals surface area contributed by atoms with Crippen molar-refractivity contribution in [2.75, 3.05) is 57.2 Å². The zero-order chi connectivity index (χ0) is 37.1. The second-order valence-corrected chi connectivity index (χ2v) is 19.5. The summed E-state index contributed by atoms with van der Waals surface area (Å²) in [7, 11) is 3.20. The van der Waals surface area contributed by atoms with Gasteiger partial charge in [-0.2, -0.15) is 0 Å². The van der Waals surface area contributed by atoms with Crippen molar-refractivity contribution in [2.24, 2.45) is 28.1 Å². The number of aliphatic hydroxyl groups is 2. The van der Waals surface area contributed by atoms with E-state index in [1.807, 2.05) is 12.1 Å². The number of nitrogens with one attached hydrogen (secondary N) is 1. The Morgan fingerprint density at radius 2 is 1.76 bits per heavy atom. The van der Waals surface area contributed by atoms with Gasteiger partial charge >= 0.3 is 5.97 Å². The minimum atomic E-state index is -1.23. The maximum absolute atomic E-state index is 14.1. The van der Waals surface area contributed by atoms with E-state index in [9.17, 15) is 19.8 Å². The SMILES string of the molecule is COC(=O)C1=C2Nc3ccccc3[C@@]23CCN2[C@H](O)[C@]4(C[C@@H]5C[C@]67CC(=O)C[C@H]6CCN6CC[C@@]8(c9cccc(OC)c9N(C4)[C@@]58O)[C@@H]67)[C@@H]4OCC[C@]4(C1)[C@H]23.